The molecule has 2 unspecified atom stereocenters. The molecule has 0 heterocycles. The maximum atomic E-state index is 14.0. The summed E-state index contributed by atoms with van der Waals surface area (Å²) in [5.74, 6) is 1.30. The Balaban J connectivity index is 2.10. The molecule has 0 radical (unpaired) electrons. The first kappa shape index (κ1) is 28.0. The van der Waals surface area contributed by atoms with Crippen molar-refractivity contribution in [3.63, 3.8) is 0 Å². The average Bonchev–Trinajstić information content (AvgIpc) is 2.90. The number of amides is 1. The summed E-state index contributed by atoms with van der Waals surface area (Å²) in [4.78, 5) is 29.2. The van der Waals surface area contributed by atoms with Crippen LogP contribution >= 0.6 is 15.9 Å². The van der Waals surface area contributed by atoms with Gasteiger partial charge in [-0.25, -0.2) is 0 Å². The van der Waals surface area contributed by atoms with Crippen molar-refractivity contribution in [3.8, 4) is 17.2 Å². The topological polar surface area (TPSA) is 76.1 Å². The Morgan fingerprint density at radius 2 is 1.69 bits per heavy atom. The highest BCUT2D eigenvalue weighted by atomic mass is 79.9. The minimum atomic E-state index is -0.820. The molecule has 2 atom stereocenters. The molecule has 1 fully saturated rings. The number of rotatable bonds is 12. The zero-order chi connectivity index (χ0) is 26.1. The Labute approximate surface area is 223 Å². The summed E-state index contributed by atoms with van der Waals surface area (Å²) in [5.41, 5.74) is 1.24. The number of aromatic hydroxyl groups is 1. The van der Waals surface area contributed by atoms with Gasteiger partial charge in [0.05, 0.1) is 19.0 Å². The molecule has 7 heteroatoms. The lowest BCUT2D eigenvalue weighted by molar-refractivity contribution is -0.125. The van der Waals surface area contributed by atoms with E-state index in [0.717, 1.165) is 38.5 Å². The van der Waals surface area contributed by atoms with Crippen molar-refractivity contribution in [1.82, 2.24) is 0 Å². The minimum absolute atomic E-state index is 0.00548. The third kappa shape index (κ3) is 7.02. The Morgan fingerprint density at radius 1 is 1.03 bits per heavy atom. The van der Waals surface area contributed by atoms with Crippen LogP contribution in [-0.4, -0.2) is 35.8 Å². The Morgan fingerprint density at radius 3 is 2.31 bits per heavy atom. The third-order valence-corrected chi connectivity index (χ3v) is 7.80. The number of anilines is 1. The van der Waals surface area contributed by atoms with Crippen molar-refractivity contribution >= 4 is 33.3 Å². The fourth-order valence-corrected chi connectivity index (χ4v) is 5.50. The molecule has 0 aliphatic heterocycles. The van der Waals surface area contributed by atoms with Gasteiger partial charge in [0.25, 0.3) is 0 Å². The first-order valence-corrected chi connectivity index (χ1v) is 13.8. The van der Waals surface area contributed by atoms with E-state index >= 15 is 0 Å². The molecular weight excluding hydrogens is 522 g/mol. The molecule has 6 nitrogen and oxygen atoms in total. The van der Waals surface area contributed by atoms with E-state index in [1.807, 2.05) is 0 Å². The highest BCUT2D eigenvalue weighted by Crippen LogP contribution is 2.39. The number of methoxy groups -OCH3 is 2. The van der Waals surface area contributed by atoms with Crippen LogP contribution in [0.3, 0.4) is 0 Å². The summed E-state index contributed by atoms with van der Waals surface area (Å²) in [6, 6.07) is 11.1. The second-order valence-corrected chi connectivity index (χ2v) is 10.6. The number of benzene rings is 2. The Bertz CT molecular complexity index is 1000. The predicted molar refractivity (Wildman–Crippen MR) is 146 cm³/mol. The molecule has 0 bridgehead atoms. The van der Waals surface area contributed by atoms with Gasteiger partial charge in [0.15, 0.2) is 17.3 Å². The number of phenols is 1. The molecule has 1 N–H and O–H groups in total. The lowest BCUT2D eigenvalue weighted by Gasteiger charge is -2.34. The number of halogens is 1. The van der Waals surface area contributed by atoms with Gasteiger partial charge in [-0.05, 0) is 42.2 Å². The molecular formula is C29H38BrNO5. The van der Waals surface area contributed by atoms with E-state index in [9.17, 15) is 14.7 Å². The summed E-state index contributed by atoms with van der Waals surface area (Å²) in [6.45, 7) is 2.09. The molecule has 2 aromatic rings. The van der Waals surface area contributed by atoms with E-state index in [2.05, 4.69) is 22.9 Å². The van der Waals surface area contributed by atoms with Gasteiger partial charge in [-0.2, -0.15) is 0 Å². The second-order valence-electron chi connectivity index (χ2n) is 9.53. The number of alkyl halides is 1. The molecule has 2 aromatic carbocycles. The molecule has 196 valence electrons. The summed E-state index contributed by atoms with van der Waals surface area (Å²) in [7, 11) is 3.11. The van der Waals surface area contributed by atoms with Gasteiger partial charge in [0.1, 0.15) is 11.8 Å². The van der Waals surface area contributed by atoms with Crippen molar-refractivity contribution in [3.05, 3.63) is 48.0 Å². The van der Waals surface area contributed by atoms with E-state index in [-0.39, 0.29) is 17.4 Å². The van der Waals surface area contributed by atoms with Crippen LogP contribution in [-0.2, 0) is 9.59 Å². The van der Waals surface area contributed by atoms with Gasteiger partial charge < -0.3 is 14.6 Å². The highest BCUT2D eigenvalue weighted by Gasteiger charge is 2.36. The van der Waals surface area contributed by atoms with E-state index in [1.165, 1.54) is 6.42 Å². The van der Waals surface area contributed by atoms with E-state index in [4.69, 9.17) is 9.47 Å². The normalized spacial score (nSPS) is 15.7. The second kappa shape index (κ2) is 13.7. The number of hydrogen-bond acceptors (Lipinski definition) is 5. The summed E-state index contributed by atoms with van der Waals surface area (Å²) in [5, 5.41) is 9.91. The lowest BCUT2D eigenvalue weighted by atomic mass is 9.83. The molecule has 1 aliphatic carbocycles. The zero-order valence-electron chi connectivity index (χ0n) is 21.5. The van der Waals surface area contributed by atoms with Crippen molar-refractivity contribution < 1.29 is 24.2 Å². The number of carbonyl (C=O) groups excluding carboxylic acids is 2. The van der Waals surface area contributed by atoms with Crippen LogP contribution < -0.4 is 14.4 Å². The molecule has 36 heavy (non-hydrogen) atoms. The molecule has 0 aromatic heterocycles. The summed E-state index contributed by atoms with van der Waals surface area (Å²) >= 11 is 3.61. The smallest absolute Gasteiger partial charge is 0.241 e. The first-order chi connectivity index (χ1) is 17.4. The van der Waals surface area contributed by atoms with Crippen LogP contribution in [0.1, 0.15) is 76.3 Å². The van der Waals surface area contributed by atoms with Crippen molar-refractivity contribution in [2.45, 2.75) is 75.6 Å². The van der Waals surface area contributed by atoms with Crippen LogP contribution in [0.5, 0.6) is 17.2 Å². The van der Waals surface area contributed by atoms with Gasteiger partial charge in [0.2, 0.25) is 5.91 Å². The molecule has 1 saturated carbocycles. The summed E-state index contributed by atoms with van der Waals surface area (Å²) in [6.07, 6.45) is 8.51. The lowest BCUT2D eigenvalue weighted by Crippen LogP contribution is -2.43. The van der Waals surface area contributed by atoms with Crippen LogP contribution in [0.15, 0.2) is 42.5 Å². The van der Waals surface area contributed by atoms with Crippen molar-refractivity contribution in [1.29, 1.82) is 0 Å². The number of unbranched alkanes of at least 4 members (excludes halogenated alkanes) is 1. The number of ketones is 1. The largest absolute Gasteiger partial charge is 0.508 e. The van der Waals surface area contributed by atoms with E-state index in [1.54, 1.807) is 61.6 Å². The molecule has 0 saturated heterocycles. The van der Waals surface area contributed by atoms with Gasteiger partial charge in [-0.3, -0.25) is 14.5 Å². The van der Waals surface area contributed by atoms with Crippen LogP contribution in [0.25, 0.3) is 0 Å². The maximum Gasteiger partial charge on any atom is 0.241 e. The quantitative estimate of drug-likeness (QED) is 0.284. The SMILES string of the molecule is CCCCC(Br)C(=O)N(c1ccc(OC)c(OC)c1)C(C(=O)CC1CCCCC1)c1ccc(O)cc1. The number of carbonyl (C=O) groups is 2. The molecule has 1 amide bonds. The molecule has 3 rings (SSSR count). The van der Waals surface area contributed by atoms with Crippen molar-refractivity contribution in [2.24, 2.45) is 5.92 Å². The fourth-order valence-electron chi connectivity index (χ4n) is 4.96. The number of nitrogens with zero attached hydrogens (tertiary/aromatic N) is 1. The zero-order valence-corrected chi connectivity index (χ0v) is 23.1. The first-order valence-electron chi connectivity index (χ1n) is 12.9. The van der Waals surface area contributed by atoms with Crippen molar-refractivity contribution in [2.75, 3.05) is 19.1 Å². The minimum Gasteiger partial charge on any atom is -0.508 e. The van der Waals surface area contributed by atoms with Crippen LogP contribution in [0, 0.1) is 5.92 Å². The fraction of sp³-hybridized carbons (Fsp3) is 0.517. The summed E-state index contributed by atoms with van der Waals surface area (Å²) < 4.78 is 10.9. The average molecular weight is 561 g/mol. The van der Waals surface area contributed by atoms with Gasteiger partial charge in [-0.1, -0.05) is 79.9 Å². The highest BCUT2D eigenvalue weighted by molar-refractivity contribution is 9.10. The van der Waals surface area contributed by atoms with Crippen LogP contribution in [0.2, 0.25) is 0 Å². The number of hydrogen-bond donors (Lipinski definition) is 1. The maximum absolute atomic E-state index is 14.0. The Kier molecular flexibility index (Phi) is 10.7. The monoisotopic (exact) mass is 559 g/mol. The number of phenolic OH excluding ortho intramolecular Hbond substituents is 1. The molecule has 0 spiro atoms. The van der Waals surface area contributed by atoms with Crippen LogP contribution in [0.4, 0.5) is 5.69 Å². The van der Waals surface area contributed by atoms with E-state index < -0.39 is 10.9 Å². The van der Waals surface area contributed by atoms with Gasteiger partial charge in [-0.15, -0.1) is 0 Å². The number of ether oxygens (including phenoxy) is 2. The standard InChI is InChI=1S/C29H38BrNO5/c1-4-5-11-24(30)29(34)31(22-14-17-26(35-2)27(19-22)36-3)28(21-12-15-23(32)16-13-21)25(33)18-20-9-7-6-8-10-20/h12-17,19-20,24,28,32H,4-11,18H2,1-3H3. The van der Waals surface area contributed by atoms with E-state index in [0.29, 0.717) is 41.5 Å². The van der Waals surface area contributed by atoms with Gasteiger partial charge in [0, 0.05) is 18.2 Å². The number of Topliss-reactive ketones (excluding diaryl/α,β-unsaturated/α-hetero) is 1. The molecule has 1 aliphatic rings. The Hall–Kier alpha value is -2.54. The predicted octanol–water partition coefficient (Wildman–Crippen LogP) is 6.98. The van der Waals surface area contributed by atoms with Gasteiger partial charge >= 0.3 is 0 Å². The third-order valence-electron chi connectivity index (χ3n) is 6.95.